The van der Waals surface area contributed by atoms with Gasteiger partial charge < -0.3 is 4.74 Å². The van der Waals surface area contributed by atoms with Gasteiger partial charge in [0.25, 0.3) is 0 Å². The minimum Gasteiger partial charge on any atom is -0.461 e. The molecule has 0 spiro atoms. The summed E-state index contributed by atoms with van der Waals surface area (Å²) < 4.78 is 5.76. The van der Waals surface area contributed by atoms with Gasteiger partial charge in [0, 0.05) is 9.84 Å². The minimum absolute atomic E-state index is 0.0167. The van der Waals surface area contributed by atoms with Gasteiger partial charge in [0.1, 0.15) is 6.10 Å². The van der Waals surface area contributed by atoms with Crippen LogP contribution in [0.15, 0.2) is 24.3 Å². The van der Waals surface area contributed by atoms with E-state index in [-0.39, 0.29) is 18.0 Å². The number of ether oxygens (including phenoxy) is 1. The molecule has 1 aromatic rings. The first-order chi connectivity index (χ1) is 8.49. The lowest BCUT2D eigenvalue weighted by Gasteiger charge is -2.20. The third-order valence-electron chi connectivity index (χ3n) is 3.53. The molecule has 0 amide bonds. The molecule has 0 aromatic heterocycles. The molecule has 0 aliphatic carbocycles. The number of halogens is 1. The number of alkyl halides is 1. The van der Waals surface area contributed by atoms with Crippen LogP contribution in [0.3, 0.4) is 0 Å². The van der Waals surface area contributed by atoms with Crippen LogP contribution < -0.4 is 0 Å². The molecule has 1 heterocycles. The Bertz CT molecular complexity index is 423. The summed E-state index contributed by atoms with van der Waals surface area (Å²) in [5.41, 5.74) is 2.56. The molecule has 3 heteroatoms. The van der Waals surface area contributed by atoms with E-state index < -0.39 is 0 Å². The Balaban J connectivity index is 2.22. The van der Waals surface area contributed by atoms with Crippen molar-refractivity contribution in [3.8, 4) is 0 Å². The lowest BCUT2D eigenvalue weighted by atomic mass is 9.89. The number of hydrogen-bond acceptors (Lipinski definition) is 2. The second kappa shape index (κ2) is 5.59. The van der Waals surface area contributed by atoms with E-state index in [1.54, 1.807) is 0 Å². The molecule has 0 N–H and O–H groups in total. The predicted octanol–water partition coefficient (Wildman–Crippen LogP) is 4.03. The highest BCUT2D eigenvalue weighted by Gasteiger charge is 2.38. The van der Waals surface area contributed by atoms with Crippen molar-refractivity contribution < 1.29 is 9.53 Å². The van der Waals surface area contributed by atoms with Crippen molar-refractivity contribution in [2.45, 2.75) is 49.1 Å². The van der Waals surface area contributed by atoms with Crippen molar-refractivity contribution in [1.29, 1.82) is 0 Å². The SMILES string of the molecule is CC(C)c1ccc([C@H]2CC(=O)O[C@H]2[C@H](C)I)cc1. The van der Waals surface area contributed by atoms with Crippen molar-refractivity contribution >= 4 is 28.6 Å². The summed E-state index contributed by atoms with van der Waals surface area (Å²) >= 11 is 2.34. The third kappa shape index (κ3) is 2.87. The first-order valence-corrected chi connectivity index (χ1v) is 7.67. The monoisotopic (exact) mass is 358 g/mol. The van der Waals surface area contributed by atoms with Gasteiger partial charge in [-0.15, -0.1) is 0 Å². The highest BCUT2D eigenvalue weighted by molar-refractivity contribution is 14.1. The van der Waals surface area contributed by atoms with Crippen molar-refractivity contribution in [3.63, 3.8) is 0 Å². The van der Waals surface area contributed by atoms with Crippen LogP contribution in [0, 0.1) is 0 Å². The highest BCUT2D eigenvalue weighted by Crippen LogP contribution is 2.36. The molecule has 0 radical (unpaired) electrons. The van der Waals surface area contributed by atoms with E-state index in [2.05, 4.69) is 67.6 Å². The Morgan fingerprint density at radius 3 is 2.33 bits per heavy atom. The summed E-state index contributed by atoms with van der Waals surface area (Å²) in [6, 6.07) is 8.62. The van der Waals surface area contributed by atoms with E-state index in [1.807, 2.05) is 0 Å². The van der Waals surface area contributed by atoms with E-state index >= 15 is 0 Å². The Morgan fingerprint density at radius 2 is 1.83 bits per heavy atom. The van der Waals surface area contributed by atoms with Gasteiger partial charge in [-0.3, -0.25) is 4.79 Å². The quantitative estimate of drug-likeness (QED) is 0.463. The molecule has 2 rings (SSSR count). The smallest absolute Gasteiger partial charge is 0.306 e. The van der Waals surface area contributed by atoms with E-state index in [0.717, 1.165) is 0 Å². The zero-order valence-electron chi connectivity index (χ0n) is 11.0. The van der Waals surface area contributed by atoms with Crippen LogP contribution in [-0.4, -0.2) is 16.0 Å². The predicted molar refractivity (Wildman–Crippen MR) is 81.3 cm³/mol. The second-order valence-corrected chi connectivity index (χ2v) is 7.23. The van der Waals surface area contributed by atoms with Crippen LogP contribution >= 0.6 is 22.6 Å². The molecule has 0 unspecified atom stereocenters. The number of carbonyl (C=O) groups is 1. The molecule has 0 saturated carbocycles. The lowest BCUT2D eigenvalue weighted by molar-refractivity contribution is -0.141. The molecule has 0 bridgehead atoms. The summed E-state index contributed by atoms with van der Waals surface area (Å²) in [6.07, 6.45) is 0.530. The fourth-order valence-corrected chi connectivity index (χ4v) is 3.08. The second-order valence-electron chi connectivity index (χ2n) is 5.26. The summed E-state index contributed by atoms with van der Waals surface area (Å²) in [4.78, 5) is 11.5. The first-order valence-electron chi connectivity index (χ1n) is 6.42. The van der Waals surface area contributed by atoms with Crippen molar-refractivity contribution in [3.05, 3.63) is 35.4 Å². The summed E-state index contributed by atoms with van der Waals surface area (Å²) in [5.74, 6) is 0.687. The van der Waals surface area contributed by atoms with Gasteiger partial charge in [-0.1, -0.05) is 60.7 Å². The summed E-state index contributed by atoms with van der Waals surface area (Å²) in [5, 5.41) is 0. The Kier molecular flexibility index (Phi) is 4.30. The van der Waals surface area contributed by atoms with E-state index in [0.29, 0.717) is 16.3 Å². The van der Waals surface area contributed by atoms with Crippen LogP contribution in [0.1, 0.15) is 50.2 Å². The third-order valence-corrected chi connectivity index (χ3v) is 4.24. The zero-order valence-corrected chi connectivity index (χ0v) is 13.2. The number of rotatable bonds is 3. The Morgan fingerprint density at radius 1 is 1.22 bits per heavy atom. The summed E-state index contributed by atoms with van der Waals surface area (Å²) in [6.45, 7) is 6.47. The molecule has 98 valence electrons. The average Bonchev–Trinajstić information content (AvgIpc) is 2.71. The van der Waals surface area contributed by atoms with Crippen LogP contribution in [-0.2, 0) is 9.53 Å². The Hall–Kier alpha value is -0.580. The van der Waals surface area contributed by atoms with E-state index in [4.69, 9.17) is 4.74 Å². The summed E-state index contributed by atoms with van der Waals surface area (Å²) in [7, 11) is 0. The lowest BCUT2D eigenvalue weighted by Crippen LogP contribution is -2.23. The van der Waals surface area contributed by atoms with Crippen LogP contribution in [0.4, 0.5) is 0 Å². The molecule has 1 aliphatic heterocycles. The van der Waals surface area contributed by atoms with Crippen molar-refractivity contribution in [2.75, 3.05) is 0 Å². The van der Waals surface area contributed by atoms with Crippen molar-refractivity contribution in [1.82, 2.24) is 0 Å². The molecule has 1 fully saturated rings. The number of cyclic esters (lactones) is 1. The topological polar surface area (TPSA) is 26.3 Å². The van der Waals surface area contributed by atoms with Gasteiger partial charge >= 0.3 is 5.97 Å². The molecule has 1 aromatic carbocycles. The highest BCUT2D eigenvalue weighted by atomic mass is 127. The fourth-order valence-electron chi connectivity index (χ4n) is 2.43. The maximum absolute atomic E-state index is 11.5. The molecular formula is C15H19IO2. The van der Waals surface area contributed by atoms with E-state index in [9.17, 15) is 4.79 Å². The largest absolute Gasteiger partial charge is 0.461 e. The average molecular weight is 358 g/mol. The van der Waals surface area contributed by atoms with Gasteiger partial charge in [0.05, 0.1) is 6.42 Å². The number of hydrogen-bond donors (Lipinski definition) is 0. The van der Waals surface area contributed by atoms with Crippen LogP contribution in [0.2, 0.25) is 0 Å². The molecule has 1 saturated heterocycles. The molecule has 3 atom stereocenters. The maximum atomic E-state index is 11.5. The fraction of sp³-hybridized carbons (Fsp3) is 0.533. The van der Waals surface area contributed by atoms with Gasteiger partial charge in [0.15, 0.2) is 0 Å². The molecule has 18 heavy (non-hydrogen) atoms. The maximum Gasteiger partial charge on any atom is 0.306 e. The van der Waals surface area contributed by atoms with Gasteiger partial charge in [-0.25, -0.2) is 0 Å². The number of benzene rings is 1. The molecular weight excluding hydrogens is 339 g/mol. The number of esters is 1. The first kappa shape index (κ1) is 13.8. The standard InChI is InChI=1S/C15H19IO2/c1-9(2)11-4-6-12(7-5-11)13-8-14(17)18-15(13)10(3)16/h4-7,9-10,13,15H,8H2,1-3H3/t10-,13+,15-/m0/s1. The van der Waals surface area contributed by atoms with Crippen LogP contribution in [0.25, 0.3) is 0 Å². The molecule has 2 nitrogen and oxygen atoms in total. The zero-order chi connectivity index (χ0) is 13.3. The van der Waals surface area contributed by atoms with E-state index in [1.165, 1.54) is 11.1 Å². The van der Waals surface area contributed by atoms with Gasteiger partial charge in [-0.2, -0.15) is 0 Å². The van der Waals surface area contributed by atoms with Crippen molar-refractivity contribution in [2.24, 2.45) is 0 Å². The van der Waals surface area contributed by atoms with Gasteiger partial charge in [0.2, 0.25) is 0 Å². The van der Waals surface area contributed by atoms with Crippen LogP contribution in [0.5, 0.6) is 0 Å². The normalized spacial score (nSPS) is 25.3. The number of carbonyl (C=O) groups excluding carboxylic acids is 1. The Labute approximate surface area is 122 Å². The van der Waals surface area contributed by atoms with Gasteiger partial charge in [-0.05, 0) is 24.0 Å². The molecule has 1 aliphatic rings. The minimum atomic E-state index is -0.0681.